The summed E-state index contributed by atoms with van der Waals surface area (Å²) in [5, 5.41) is 9.39. The molecule has 0 unspecified atom stereocenters. The summed E-state index contributed by atoms with van der Waals surface area (Å²) in [6.07, 6.45) is 1.81. The number of aryl methyl sites for hydroxylation is 1. The largest absolute Gasteiger partial charge is 0.508 e. The highest BCUT2D eigenvalue weighted by molar-refractivity contribution is 7.90. The molecule has 0 aliphatic rings. The molecule has 0 saturated heterocycles. The van der Waals surface area contributed by atoms with Crippen LogP contribution in [0.4, 0.5) is 0 Å². The SMILES string of the molecule is CCc1ccc(S(C)(=O)=O)cc1O. The van der Waals surface area contributed by atoms with E-state index in [1.807, 2.05) is 6.92 Å². The Morgan fingerprint density at radius 3 is 2.38 bits per heavy atom. The predicted molar refractivity (Wildman–Crippen MR) is 50.6 cm³/mol. The number of hydrogen-bond acceptors (Lipinski definition) is 3. The molecule has 1 rings (SSSR count). The van der Waals surface area contributed by atoms with Crippen LogP contribution in [0, 0.1) is 0 Å². The lowest BCUT2D eigenvalue weighted by Gasteiger charge is -2.03. The van der Waals surface area contributed by atoms with Gasteiger partial charge in [0, 0.05) is 6.26 Å². The lowest BCUT2D eigenvalue weighted by molar-refractivity contribution is 0.466. The second kappa shape index (κ2) is 3.38. The number of hydrogen-bond donors (Lipinski definition) is 1. The fourth-order valence-corrected chi connectivity index (χ4v) is 1.71. The van der Waals surface area contributed by atoms with Gasteiger partial charge in [0.05, 0.1) is 4.90 Å². The van der Waals surface area contributed by atoms with Gasteiger partial charge < -0.3 is 5.11 Å². The molecule has 0 heterocycles. The molecule has 0 aliphatic carbocycles. The van der Waals surface area contributed by atoms with Crippen LogP contribution in [0.5, 0.6) is 5.75 Å². The molecule has 0 bridgehead atoms. The molecule has 1 aromatic carbocycles. The molecular formula is C9H12O3S. The van der Waals surface area contributed by atoms with Crippen LogP contribution in [0.3, 0.4) is 0 Å². The summed E-state index contributed by atoms with van der Waals surface area (Å²) >= 11 is 0. The molecule has 0 radical (unpaired) electrons. The van der Waals surface area contributed by atoms with E-state index in [-0.39, 0.29) is 10.6 Å². The molecule has 0 amide bonds. The fraction of sp³-hybridized carbons (Fsp3) is 0.333. The average molecular weight is 200 g/mol. The first-order valence-corrected chi connectivity index (χ1v) is 5.86. The van der Waals surface area contributed by atoms with Gasteiger partial charge in [-0.05, 0) is 24.1 Å². The number of aromatic hydroxyl groups is 1. The zero-order valence-corrected chi connectivity index (χ0v) is 8.43. The van der Waals surface area contributed by atoms with Gasteiger partial charge in [0.25, 0.3) is 0 Å². The van der Waals surface area contributed by atoms with Crippen LogP contribution in [-0.4, -0.2) is 19.8 Å². The van der Waals surface area contributed by atoms with Gasteiger partial charge in [-0.3, -0.25) is 0 Å². The molecule has 1 aromatic rings. The first-order valence-electron chi connectivity index (χ1n) is 3.97. The van der Waals surface area contributed by atoms with Crippen molar-refractivity contribution in [2.24, 2.45) is 0 Å². The molecule has 4 heteroatoms. The third-order valence-corrected chi connectivity index (χ3v) is 2.98. The predicted octanol–water partition coefficient (Wildman–Crippen LogP) is 1.36. The number of rotatable bonds is 2. The molecule has 0 fully saturated rings. The number of phenols is 1. The molecule has 0 saturated carbocycles. The van der Waals surface area contributed by atoms with E-state index in [9.17, 15) is 13.5 Å². The van der Waals surface area contributed by atoms with E-state index in [0.29, 0.717) is 6.42 Å². The van der Waals surface area contributed by atoms with E-state index in [4.69, 9.17) is 0 Å². The summed E-state index contributed by atoms with van der Waals surface area (Å²) in [6.45, 7) is 1.90. The van der Waals surface area contributed by atoms with Crippen LogP contribution in [-0.2, 0) is 16.3 Å². The summed E-state index contributed by atoms with van der Waals surface area (Å²) in [4.78, 5) is 0.155. The highest BCUT2D eigenvalue weighted by Crippen LogP contribution is 2.21. The maximum absolute atomic E-state index is 11.1. The quantitative estimate of drug-likeness (QED) is 0.784. The van der Waals surface area contributed by atoms with Gasteiger partial charge >= 0.3 is 0 Å². The lowest BCUT2D eigenvalue weighted by Crippen LogP contribution is -1.97. The van der Waals surface area contributed by atoms with Crippen molar-refractivity contribution < 1.29 is 13.5 Å². The maximum atomic E-state index is 11.1. The second-order valence-electron chi connectivity index (χ2n) is 2.92. The Morgan fingerprint density at radius 1 is 1.38 bits per heavy atom. The lowest BCUT2D eigenvalue weighted by atomic mass is 10.1. The summed E-state index contributed by atoms with van der Waals surface area (Å²) in [5.41, 5.74) is 0.757. The van der Waals surface area contributed by atoms with E-state index < -0.39 is 9.84 Å². The first-order chi connectivity index (χ1) is 5.95. The van der Waals surface area contributed by atoms with Crippen LogP contribution < -0.4 is 0 Å². The number of sulfone groups is 1. The topological polar surface area (TPSA) is 54.4 Å². The van der Waals surface area contributed by atoms with E-state index in [2.05, 4.69) is 0 Å². The van der Waals surface area contributed by atoms with Crippen molar-refractivity contribution in [1.29, 1.82) is 0 Å². The Labute approximate surface area is 77.9 Å². The van der Waals surface area contributed by atoms with Crippen molar-refractivity contribution in [3.05, 3.63) is 23.8 Å². The average Bonchev–Trinajstić information content (AvgIpc) is 2.02. The molecule has 13 heavy (non-hydrogen) atoms. The molecule has 0 spiro atoms. The van der Waals surface area contributed by atoms with Crippen molar-refractivity contribution in [2.75, 3.05) is 6.26 Å². The molecule has 3 nitrogen and oxygen atoms in total. The van der Waals surface area contributed by atoms with Crippen LogP contribution in [0.2, 0.25) is 0 Å². The summed E-state index contributed by atoms with van der Waals surface area (Å²) in [6, 6.07) is 4.42. The molecule has 0 atom stereocenters. The minimum Gasteiger partial charge on any atom is -0.508 e. The van der Waals surface area contributed by atoms with Gasteiger partial charge in [0.1, 0.15) is 5.75 Å². The Morgan fingerprint density at radius 2 is 2.00 bits per heavy atom. The normalized spacial score (nSPS) is 11.5. The van der Waals surface area contributed by atoms with Gasteiger partial charge in [0.2, 0.25) is 0 Å². The van der Waals surface area contributed by atoms with Gasteiger partial charge in [-0.25, -0.2) is 8.42 Å². The first kappa shape index (κ1) is 10.1. The Bertz CT molecular complexity index is 407. The van der Waals surface area contributed by atoms with E-state index in [0.717, 1.165) is 11.8 Å². The van der Waals surface area contributed by atoms with E-state index in [1.165, 1.54) is 12.1 Å². The van der Waals surface area contributed by atoms with E-state index >= 15 is 0 Å². The van der Waals surface area contributed by atoms with Crippen molar-refractivity contribution in [2.45, 2.75) is 18.2 Å². The molecule has 0 aliphatic heterocycles. The molecule has 72 valence electrons. The monoisotopic (exact) mass is 200 g/mol. The molecule has 1 N–H and O–H groups in total. The van der Waals surface area contributed by atoms with Gasteiger partial charge in [-0.15, -0.1) is 0 Å². The molecular weight excluding hydrogens is 188 g/mol. The third kappa shape index (κ3) is 2.21. The van der Waals surface area contributed by atoms with Crippen LogP contribution in [0.15, 0.2) is 23.1 Å². The van der Waals surface area contributed by atoms with Crippen molar-refractivity contribution in [3.63, 3.8) is 0 Å². The van der Waals surface area contributed by atoms with Crippen molar-refractivity contribution in [3.8, 4) is 5.75 Å². The van der Waals surface area contributed by atoms with Gasteiger partial charge in [0.15, 0.2) is 9.84 Å². The van der Waals surface area contributed by atoms with Crippen LogP contribution in [0.25, 0.3) is 0 Å². The molecule has 0 aromatic heterocycles. The second-order valence-corrected chi connectivity index (χ2v) is 4.93. The van der Waals surface area contributed by atoms with Gasteiger partial charge in [-0.1, -0.05) is 13.0 Å². The minimum atomic E-state index is -3.21. The number of benzene rings is 1. The third-order valence-electron chi connectivity index (χ3n) is 1.87. The minimum absolute atomic E-state index is 0.0467. The van der Waals surface area contributed by atoms with Crippen molar-refractivity contribution in [1.82, 2.24) is 0 Å². The zero-order valence-electron chi connectivity index (χ0n) is 7.61. The summed E-state index contributed by atoms with van der Waals surface area (Å²) in [7, 11) is -3.21. The van der Waals surface area contributed by atoms with Crippen LogP contribution in [0.1, 0.15) is 12.5 Å². The maximum Gasteiger partial charge on any atom is 0.175 e. The highest BCUT2D eigenvalue weighted by atomic mass is 32.2. The zero-order chi connectivity index (χ0) is 10.1. The van der Waals surface area contributed by atoms with E-state index in [1.54, 1.807) is 6.07 Å². The van der Waals surface area contributed by atoms with Gasteiger partial charge in [-0.2, -0.15) is 0 Å². The Kier molecular flexibility index (Phi) is 2.61. The highest BCUT2D eigenvalue weighted by Gasteiger charge is 2.09. The summed E-state index contributed by atoms with van der Waals surface area (Å²) in [5.74, 6) is 0.0467. The van der Waals surface area contributed by atoms with Crippen molar-refractivity contribution >= 4 is 9.84 Å². The van der Waals surface area contributed by atoms with Crippen LogP contribution >= 0.6 is 0 Å². The Balaban J connectivity index is 3.26. The summed E-state index contributed by atoms with van der Waals surface area (Å²) < 4.78 is 22.1. The standard InChI is InChI=1S/C9H12O3S/c1-3-7-4-5-8(6-9(7)10)13(2,11)12/h4-6,10H,3H2,1-2H3. The Hall–Kier alpha value is -1.03. The fourth-order valence-electron chi connectivity index (χ4n) is 1.07. The smallest absolute Gasteiger partial charge is 0.175 e. The number of phenolic OH excluding ortho intramolecular Hbond substituents is 1.